The predicted octanol–water partition coefficient (Wildman–Crippen LogP) is 3.56. The first-order valence-electron chi connectivity index (χ1n) is 11.0. The number of Topliss-reactive ketones (excluding diaryl/α,β-unsaturated/α-hetero) is 1. The number of benzene rings is 2. The van der Waals surface area contributed by atoms with Gasteiger partial charge in [0.1, 0.15) is 0 Å². The number of nitrogens with zero attached hydrogens (tertiary/aromatic N) is 2. The number of anilines is 1. The summed E-state index contributed by atoms with van der Waals surface area (Å²) in [5.41, 5.74) is 3.77. The first-order valence-corrected chi connectivity index (χ1v) is 11.0. The van der Waals surface area contributed by atoms with Crippen LogP contribution < -0.4 is 5.32 Å². The Bertz CT molecular complexity index is 1070. The van der Waals surface area contributed by atoms with Crippen molar-refractivity contribution in [1.29, 1.82) is 0 Å². The number of carbonyl (C=O) groups excluding carboxylic acids is 2. The molecule has 0 spiro atoms. The molecule has 0 aliphatic carbocycles. The van der Waals surface area contributed by atoms with Crippen LogP contribution in [0.3, 0.4) is 0 Å². The highest BCUT2D eigenvalue weighted by atomic mass is 16.2. The Labute approximate surface area is 183 Å². The number of amides is 1. The number of hydrogen-bond acceptors (Lipinski definition) is 4. The van der Waals surface area contributed by atoms with E-state index < -0.39 is 0 Å². The summed E-state index contributed by atoms with van der Waals surface area (Å²) in [6, 6.07) is 15.6. The van der Waals surface area contributed by atoms with Gasteiger partial charge in [0.05, 0.1) is 12.6 Å². The molecule has 2 heterocycles. The number of aromatic amines is 1. The number of para-hydroxylation sites is 2. The number of hydrogen-bond donors (Lipinski definition) is 2. The van der Waals surface area contributed by atoms with Crippen LogP contribution in [-0.4, -0.2) is 65.2 Å². The molecule has 0 unspecified atom stereocenters. The molecule has 2 N–H and O–H groups in total. The second-order valence-corrected chi connectivity index (χ2v) is 8.16. The number of ketones is 1. The highest BCUT2D eigenvalue weighted by Crippen LogP contribution is 2.21. The van der Waals surface area contributed by atoms with E-state index in [4.69, 9.17) is 0 Å². The molecule has 3 aromatic rings. The lowest BCUT2D eigenvalue weighted by molar-refractivity contribution is -0.117. The monoisotopic (exact) mass is 418 g/mol. The molecule has 0 bridgehead atoms. The molecule has 1 aliphatic rings. The Kier molecular flexibility index (Phi) is 6.49. The molecule has 0 radical (unpaired) electrons. The summed E-state index contributed by atoms with van der Waals surface area (Å²) in [4.78, 5) is 33.2. The number of aromatic nitrogens is 1. The van der Waals surface area contributed by atoms with Crippen LogP contribution in [0, 0.1) is 0 Å². The quantitative estimate of drug-likeness (QED) is 0.576. The molecule has 1 atom stereocenters. The minimum atomic E-state index is -0.188. The molecule has 6 nitrogen and oxygen atoms in total. The summed E-state index contributed by atoms with van der Waals surface area (Å²) in [7, 11) is 0. The fourth-order valence-corrected chi connectivity index (χ4v) is 4.32. The molecule has 4 rings (SSSR count). The molecular formula is C25H30N4O2. The Morgan fingerprint density at radius 3 is 2.52 bits per heavy atom. The molecule has 31 heavy (non-hydrogen) atoms. The Hall–Kier alpha value is -2.96. The number of H-pyrrole nitrogens is 1. The second-order valence-electron chi connectivity index (χ2n) is 8.16. The average molecular weight is 419 g/mol. The van der Waals surface area contributed by atoms with Crippen LogP contribution >= 0.6 is 0 Å². The minimum absolute atomic E-state index is 0.0114. The maximum atomic E-state index is 13.1. The van der Waals surface area contributed by atoms with E-state index in [1.54, 1.807) is 0 Å². The molecule has 6 heteroatoms. The van der Waals surface area contributed by atoms with Crippen LogP contribution in [0.4, 0.5) is 5.69 Å². The molecule has 1 aliphatic heterocycles. The predicted molar refractivity (Wildman–Crippen MR) is 125 cm³/mol. The van der Waals surface area contributed by atoms with E-state index in [-0.39, 0.29) is 17.7 Å². The van der Waals surface area contributed by atoms with Crippen LogP contribution in [0.25, 0.3) is 10.9 Å². The summed E-state index contributed by atoms with van der Waals surface area (Å²) >= 11 is 0. The van der Waals surface area contributed by atoms with Crippen LogP contribution in [-0.2, 0) is 11.2 Å². The summed E-state index contributed by atoms with van der Waals surface area (Å²) in [6.45, 7) is 7.53. The summed E-state index contributed by atoms with van der Waals surface area (Å²) in [6.07, 6.45) is 2.70. The van der Waals surface area contributed by atoms with Crippen molar-refractivity contribution < 1.29 is 9.59 Å². The number of rotatable bonds is 7. The van der Waals surface area contributed by atoms with Gasteiger partial charge in [-0.3, -0.25) is 19.4 Å². The van der Waals surface area contributed by atoms with E-state index in [1.165, 1.54) is 0 Å². The third-order valence-corrected chi connectivity index (χ3v) is 6.23. The van der Waals surface area contributed by atoms with Crippen LogP contribution in [0.1, 0.15) is 29.8 Å². The van der Waals surface area contributed by atoms with E-state index in [0.717, 1.165) is 60.3 Å². The van der Waals surface area contributed by atoms with Crippen molar-refractivity contribution in [2.75, 3.05) is 38.0 Å². The topological polar surface area (TPSA) is 68.4 Å². The molecular weight excluding hydrogens is 388 g/mol. The van der Waals surface area contributed by atoms with Crippen molar-refractivity contribution in [2.45, 2.75) is 26.3 Å². The van der Waals surface area contributed by atoms with Crippen molar-refractivity contribution in [1.82, 2.24) is 14.8 Å². The van der Waals surface area contributed by atoms with Crippen LogP contribution in [0.5, 0.6) is 0 Å². The lowest BCUT2D eigenvalue weighted by atomic mass is 10.0. The molecule has 1 saturated heterocycles. The summed E-state index contributed by atoms with van der Waals surface area (Å²) in [5.74, 6) is 0.150. The lowest BCUT2D eigenvalue weighted by Gasteiger charge is -2.37. The number of aryl methyl sites for hydroxylation is 1. The molecule has 1 aromatic heterocycles. The van der Waals surface area contributed by atoms with Crippen molar-refractivity contribution in [3.8, 4) is 0 Å². The molecule has 1 amide bonds. The van der Waals surface area contributed by atoms with Gasteiger partial charge < -0.3 is 10.3 Å². The summed E-state index contributed by atoms with van der Waals surface area (Å²) in [5, 5.41) is 4.02. The average Bonchev–Trinajstić information content (AvgIpc) is 3.23. The normalized spacial score (nSPS) is 16.3. The third-order valence-electron chi connectivity index (χ3n) is 6.23. The largest absolute Gasteiger partial charge is 0.360 e. The highest BCUT2D eigenvalue weighted by Gasteiger charge is 2.28. The Balaban J connectivity index is 1.31. The van der Waals surface area contributed by atoms with Crippen molar-refractivity contribution in [3.05, 3.63) is 65.9 Å². The molecule has 0 saturated carbocycles. The van der Waals surface area contributed by atoms with Crippen molar-refractivity contribution >= 4 is 28.3 Å². The number of piperazine rings is 1. The maximum Gasteiger partial charge on any atom is 0.238 e. The minimum Gasteiger partial charge on any atom is -0.360 e. The number of nitrogens with one attached hydrogen (secondary N) is 2. The lowest BCUT2D eigenvalue weighted by Crippen LogP contribution is -2.53. The van der Waals surface area contributed by atoms with E-state index in [9.17, 15) is 9.59 Å². The van der Waals surface area contributed by atoms with Gasteiger partial charge in [0.25, 0.3) is 0 Å². The fourth-order valence-electron chi connectivity index (χ4n) is 4.32. The van der Waals surface area contributed by atoms with Gasteiger partial charge in [0.15, 0.2) is 5.78 Å². The molecule has 1 fully saturated rings. The van der Waals surface area contributed by atoms with Gasteiger partial charge in [-0.25, -0.2) is 0 Å². The molecule has 2 aromatic carbocycles. The van der Waals surface area contributed by atoms with Gasteiger partial charge in [-0.2, -0.15) is 0 Å². The second kappa shape index (κ2) is 9.45. The van der Waals surface area contributed by atoms with Gasteiger partial charge in [-0.15, -0.1) is 0 Å². The van der Waals surface area contributed by atoms with Gasteiger partial charge in [0.2, 0.25) is 5.91 Å². The van der Waals surface area contributed by atoms with E-state index >= 15 is 0 Å². The standard InChI is InChI=1S/C25H30N4O2/c1-3-19-8-4-6-10-22(19)27-24(30)17-28-12-14-29(15-13-28)18(2)25(31)21-16-26-23-11-7-5-9-20(21)23/h4-11,16,18,26H,3,12-15,17H2,1-2H3,(H,27,30)/t18-/m1/s1. The fraction of sp³-hybridized carbons (Fsp3) is 0.360. The maximum absolute atomic E-state index is 13.1. The third kappa shape index (κ3) is 4.70. The van der Waals surface area contributed by atoms with Gasteiger partial charge >= 0.3 is 0 Å². The first-order chi connectivity index (χ1) is 15.1. The van der Waals surface area contributed by atoms with Gasteiger partial charge in [0, 0.05) is 54.5 Å². The zero-order valence-electron chi connectivity index (χ0n) is 18.2. The van der Waals surface area contributed by atoms with E-state index in [0.29, 0.717) is 6.54 Å². The SMILES string of the molecule is CCc1ccccc1NC(=O)CN1CCN([C@H](C)C(=O)c2c[nH]c3ccccc23)CC1. The smallest absolute Gasteiger partial charge is 0.238 e. The van der Waals surface area contributed by atoms with Crippen LogP contribution in [0.2, 0.25) is 0 Å². The Morgan fingerprint density at radius 1 is 1.03 bits per heavy atom. The van der Waals surface area contributed by atoms with Gasteiger partial charge in [-0.05, 0) is 31.0 Å². The number of carbonyl (C=O) groups is 2. The zero-order chi connectivity index (χ0) is 21.8. The molecule has 162 valence electrons. The van der Waals surface area contributed by atoms with Crippen LogP contribution in [0.15, 0.2) is 54.7 Å². The van der Waals surface area contributed by atoms with Crippen molar-refractivity contribution in [2.24, 2.45) is 0 Å². The zero-order valence-corrected chi connectivity index (χ0v) is 18.2. The van der Waals surface area contributed by atoms with Crippen molar-refractivity contribution in [3.63, 3.8) is 0 Å². The van der Waals surface area contributed by atoms with E-state index in [2.05, 4.69) is 27.0 Å². The first kappa shape index (κ1) is 21.3. The highest BCUT2D eigenvalue weighted by molar-refractivity contribution is 6.10. The Morgan fingerprint density at radius 2 is 1.74 bits per heavy atom. The summed E-state index contributed by atoms with van der Waals surface area (Å²) < 4.78 is 0. The van der Waals surface area contributed by atoms with E-state index in [1.807, 2.05) is 61.7 Å². The number of fused-ring (bicyclic) bond motifs is 1. The van der Waals surface area contributed by atoms with Gasteiger partial charge in [-0.1, -0.05) is 43.3 Å².